The molecule has 1 saturated heterocycles. The quantitative estimate of drug-likeness (QED) is 0.230. The molecule has 0 aromatic rings. The largest absolute Gasteiger partial charge is 0.511 e. The Hall–Kier alpha value is -3.27. The van der Waals surface area contributed by atoms with E-state index in [4.69, 9.17) is 19.7 Å². The lowest BCUT2D eigenvalue weighted by Gasteiger charge is -2.17. The van der Waals surface area contributed by atoms with Crippen LogP contribution in [0.25, 0.3) is 0 Å². The van der Waals surface area contributed by atoms with E-state index in [-0.39, 0.29) is 17.8 Å². The van der Waals surface area contributed by atoms with Crippen molar-refractivity contribution in [1.82, 2.24) is 5.32 Å². The van der Waals surface area contributed by atoms with E-state index in [2.05, 4.69) is 74.7 Å². The number of fused-ring (bicyclic) bond motifs is 5. The zero-order valence-corrected chi connectivity index (χ0v) is 27.5. The normalized spacial score (nSPS) is 25.0. The zero-order valence-electron chi connectivity index (χ0n) is 25.3. The van der Waals surface area contributed by atoms with E-state index >= 15 is 0 Å². The summed E-state index contributed by atoms with van der Waals surface area (Å²) in [6.45, 7) is 12.9. The Morgan fingerprint density at radius 1 is 1.00 bits per heavy atom. The maximum Gasteiger partial charge on any atom is 0.305 e. The summed E-state index contributed by atoms with van der Waals surface area (Å²) in [5.41, 5.74) is 15.2. The number of ether oxygens (including phenoxy) is 1. The van der Waals surface area contributed by atoms with Gasteiger partial charge in [-0.05, 0) is 103 Å². The van der Waals surface area contributed by atoms with Crippen molar-refractivity contribution in [2.24, 2.45) is 26.8 Å². The third-order valence-corrected chi connectivity index (χ3v) is 10.6. The van der Waals surface area contributed by atoms with Crippen molar-refractivity contribution in [3.8, 4) is 0 Å². The van der Waals surface area contributed by atoms with Crippen LogP contribution in [0.1, 0.15) is 73.6 Å². The van der Waals surface area contributed by atoms with Gasteiger partial charge in [-0.25, -0.2) is 15.0 Å². The van der Waals surface area contributed by atoms with Crippen molar-refractivity contribution in [3.63, 3.8) is 0 Å². The number of aliphatic hydroxyl groups excluding tert-OH is 1. The third kappa shape index (κ3) is 4.36. The molecule has 0 aromatic heterocycles. The Labute approximate surface area is 261 Å². The maximum atomic E-state index is 12.2. The van der Waals surface area contributed by atoms with Crippen LogP contribution in [0, 0.1) is 11.8 Å². The first kappa shape index (κ1) is 28.8. The van der Waals surface area contributed by atoms with E-state index in [0.717, 1.165) is 78.8 Å². The van der Waals surface area contributed by atoms with Crippen LogP contribution >= 0.6 is 22.6 Å². The van der Waals surface area contributed by atoms with Gasteiger partial charge in [0.1, 0.15) is 5.76 Å². The highest BCUT2D eigenvalue weighted by Crippen LogP contribution is 2.48. The number of rotatable bonds is 5. The molecule has 8 heteroatoms. The molecule has 6 rings (SSSR count). The van der Waals surface area contributed by atoms with Crippen LogP contribution in [0.2, 0.25) is 0 Å². The highest BCUT2D eigenvalue weighted by molar-refractivity contribution is 14.1. The van der Waals surface area contributed by atoms with Crippen molar-refractivity contribution < 1.29 is 14.6 Å². The van der Waals surface area contributed by atoms with Crippen LogP contribution in [0.5, 0.6) is 0 Å². The second-order valence-corrected chi connectivity index (χ2v) is 12.7. The van der Waals surface area contributed by atoms with Crippen LogP contribution in [0.15, 0.2) is 104 Å². The molecule has 0 spiro atoms. The molecule has 0 amide bonds. The van der Waals surface area contributed by atoms with Gasteiger partial charge in [0.2, 0.25) is 0 Å². The van der Waals surface area contributed by atoms with Gasteiger partial charge in [0.25, 0.3) is 0 Å². The molecular weight excluding hydrogens is 639 g/mol. The number of halogens is 1. The van der Waals surface area contributed by atoms with Gasteiger partial charge in [0, 0.05) is 47.2 Å². The summed E-state index contributed by atoms with van der Waals surface area (Å²) in [5.74, 6) is 0.268. The zero-order chi connectivity index (χ0) is 30.0. The summed E-state index contributed by atoms with van der Waals surface area (Å²) in [6.07, 6.45) is 7.31. The lowest BCUT2D eigenvalue weighted by Crippen LogP contribution is -2.16. The average molecular weight is 677 g/mol. The molecule has 5 heterocycles. The van der Waals surface area contributed by atoms with Crippen molar-refractivity contribution in [1.29, 1.82) is 0 Å². The summed E-state index contributed by atoms with van der Waals surface area (Å²) in [5, 5.41) is 15.0. The number of carbonyl (C=O) groups excluding carboxylic acids is 1. The molecule has 2 atom stereocenters. The SMILES string of the molecule is CCC1=C(C)C2=NC1=CC1=C(C)C3=C(O)CC(=C4NC(=C(I)C5=NC(=C2)C(CC)=C5C)[C@@H](C)[C@@H]4CCC(=O)OC)C3=N1. The molecule has 1 fully saturated rings. The molecule has 7 nitrogen and oxygen atoms in total. The lowest BCUT2D eigenvalue weighted by atomic mass is 9.86. The first-order valence-corrected chi connectivity index (χ1v) is 15.9. The average Bonchev–Trinajstić information content (AvgIpc) is 3.72. The standard InChI is InChI=1S/C34H37IN4O3/c1-8-19-15(3)23-13-26-20(9-2)16(4)31(38-26)30(35)32-17(5)21(10-11-28(41)42-7)33(39-32)22-12-27(40)29-18(6)24(37-34(22)29)14-25(19)36-23/h13-14,17,21,39-40H,8-12H2,1-7H3/t17-,21-/m0/s1. The fraction of sp³-hybridized carbons (Fsp3) is 0.412. The number of nitrogens with one attached hydrogen (secondary N) is 1. The van der Waals surface area contributed by atoms with Crippen molar-refractivity contribution in [2.45, 2.75) is 73.6 Å². The van der Waals surface area contributed by atoms with E-state index in [0.29, 0.717) is 25.0 Å². The van der Waals surface area contributed by atoms with E-state index in [9.17, 15) is 9.90 Å². The van der Waals surface area contributed by atoms with Crippen LogP contribution in [-0.4, -0.2) is 35.3 Å². The smallest absolute Gasteiger partial charge is 0.305 e. The molecular formula is C34H37IN4O3. The minimum Gasteiger partial charge on any atom is -0.511 e. The highest BCUT2D eigenvalue weighted by atomic mass is 127. The van der Waals surface area contributed by atoms with Gasteiger partial charge < -0.3 is 15.2 Å². The summed E-state index contributed by atoms with van der Waals surface area (Å²) >= 11 is 2.44. The Balaban J connectivity index is 1.62. The lowest BCUT2D eigenvalue weighted by molar-refractivity contribution is -0.140. The Morgan fingerprint density at radius 2 is 1.69 bits per heavy atom. The van der Waals surface area contributed by atoms with Crippen LogP contribution in [-0.2, 0) is 9.53 Å². The number of hydrogen-bond donors (Lipinski definition) is 2. The molecule has 8 bridgehead atoms. The number of methoxy groups -OCH3 is 1. The summed E-state index contributed by atoms with van der Waals surface area (Å²) in [4.78, 5) is 27.7. The first-order chi connectivity index (χ1) is 20.1. The molecule has 42 heavy (non-hydrogen) atoms. The van der Waals surface area contributed by atoms with E-state index in [1.165, 1.54) is 29.4 Å². The van der Waals surface area contributed by atoms with Crippen LogP contribution < -0.4 is 5.32 Å². The first-order valence-electron chi connectivity index (χ1n) is 14.8. The van der Waals surface area contributed by atoms with Gasteiger partial charge in [0.15, 0.2) is 0 Å². The molecule has 218 valence electrons. The van der Waals surface area contributed by atoms with Crippen LogP contribution in [0.4, 0.5) is 0 Å². The van der Waals surface area contributed by atoms with E-state index in [1.54, 1.807) is 0 Å². The van der Waals surface area contributed by atoms with Gasteiger partial charge in [-0.1, -0.05) is 20.8 Å². The number of carbonyl (C=O) groups is 1. The predicted molar refractivity (Wildman–Crippen MR) is 177 cm³/mol. The second kappa shape index (κ2) is 10.8. The van der Waals surface area contributed by atoms with E-state index < -0.39 is 0 Å². The minimum absolute atomic E-state index is 0.0397. The van der Waals surface area contributed by atoms with E-state index in [1.807, 2.05) is 6.92 Å². The predicted octanol–water partition coefficient (Wildman–Crippen LogP) is 7.78. The fourth-order valence-electron chi connectivity index (χ4n) is 7.07. The fourth-order valence-corrected chi connectivity index (χ4v) is 8.22. The van der Waals surface area contributed by atoms with Gasteiger partial charge in [0.05, 0.1) is 44.9 Å². The summed E-state index contributed by atoms with van der Waals surface area (Å²) in [6, 6.07) is 0. The van der Waals surface area contributed by atoms with Crippen LogP contribution in [0.3, 0.4) is 0 Å². The monoisotopic (exact) mass is 676 g/mol. The number of hydrogen-bond acceptors (Lipinski definition) is 7. The topological polar surface area (TPSA) is 95.6 Å². The molecule has 1 aliphatic carbocycles. The molecule has 0 aromatic carbocycles. The minimum atomic E-state index is -0.220. The number of allylic oxidation sites excluding steroid dienone is 12. The molecule has 0 unspecified atom stereocenters. The summed E-state index contributed by atoms with van der Waals surface area (Å²) < 4.78 is 6.08. The molecule has 0 saturated carbocycles. The van der Waals surface area contributed by atoms with Gasteiger partial charge >= 0.3 is 5.97 Å². The van der Waals surface area contributed by atoms with Crippen molar-refractivity contribution in [2.75, 3.05) is 7.11 Å². The highest BCUT2D eigenvalue weighted by Gasteiger charge is 2.42. The third-order valence-electron chi connectivity index (χ3n) is 9.49. The van der Waals surface area contributed by atoms with Gasteiger partial charge in [-0.3, -0.25) is 4.79 Å². The molecule has 0 radical (unpaired) electrons. The molecule has 5 aliphatic heterocycles. The molecule has 6 aliphatic rings. The number of aliphatic imine (C=N–C) groups is 3. The maximum absolute atomic E-state index is 12.2. The number of aliphatic hydroxyl groups is 1. The Bertz CT molecular complexity index is 1700. The second-order valence-electron chi connectivity index (χ2n) is 11.7. The van der Waals surface area contributed by atoms with Gasteiger partial charge in [-0.15, -0.1) is 0 Å². The number of nitrogens with zero attached hydrogens (tertiary/aromatic N) is 3. The van der Waals surface area contributed by atoms with Crippen molar-refractivity contribution in [3.05, 3.63) is 89.0 Å². The Morgan fingerprint density at radius 3 is 2.38 bits per heavy atom. The van der Waals surface area contributed by atoms with Crippen molar-refractivity contribution >= 4 is 45.7 Å². The van der Waals surface area contributed by atoms with Gasteiger partial charge in [-0.2, -0.15) is 0 Å². The Kier molecular flexibility index (Phi) is 7.40. The number of esters is 1. The summed E-state index contributed by atoms with van der Waals surface area (Å²) in [7, 11) is 1.43. The molecule has 2 N–H and O–H groups in total.